The molecule has 2 aromatic rings. The molecule has 1 amide bonds. The van der Waals surface area contributed by atoms with Gasteiger partial charge in [-0.05, 0) is 18.2 Å². The molecule has 0 N–H and O–H groups in total. The van der Waals surface area contributed by atoms with Crippen molar-refractivity contribution in [3.63, 3.8) is 0 Å². The standard InChI is InChI=1S/C17H18N4O4/c1-25-16-15(6-3-7-18-16)17(22)20-10-8-19(9-11-20)13-4-2-5-14(12-13)21(23)24/h2-7,12H,8-11H2,1H3. The Balaban J connectivity index is 1.68. The molecule has 8 nitrogen and oxygen atoms in total. The summed E-state index contributed by atoms with van der Waals surface area (Å²) in [5, 5.41) is 10.9. The Kier molecular flexibility index (Phi) is 4.78. The SMILES string of the molecule is COc1ncccc1C(=O)N1CCN(c2cccc([N+](=O)[O-])c2)CC1. The van der Waals surface area contributed by atoms with Crippen molar-refractivity contribution in [2.45, 2.75) is 0 Å². The number of nitrogens with zero attached hydrogens (tertiary/aromatic N) is 4. The third kappa shape index (κ3) is 3.52. The molecule has 0 atom stereocenters. The number of anilines is 1. The van der Waals surface area contributed by atoms with E-state index in [-0.39, 0.29) is 11.6 Å². The van der Waals surface area contributed by atoms with Gasteiger partial charge in [-0.15, -0.1) is 0 Å². The van der Waals surface area contributed by atoms with Crippen molar-refractivity contribution in [2.75, 3.05) is 38.2 Å². The highest BCUT2D eigenvalue weighted by Gasteiger charge is 2.25. The molecule has 1 fully saturated rings. The van der Waals surface area contributed by atoms with Crippen LogP contribution in [0, 0.1) is 10.1 Å². The highest BCUT2D eigenvalue weighted by atomic mass is 16.6. The molecule has 1 saturated heterocycles. The number of benzene rings is 1. The van der Waals surface area contributed by atoms with E-state index in [1.807, 2.05) is 11.0 Å². The second kappa shape index (κ2) is 7.16. The van der Waals surface area contributed by atoms with Gasteiger partial charge < -0.3 is 14.5 Å². The van der Waals surface area contributed by atoms with Crippen molar-refractivity contribution >= 4 is 17.3 Å². The van der Waals surface area contributed by atoms with Crippen molar-refractivity contribution in [1.82, 2.24) is 9.88 Å². The molecule has 2 heterocycles. The number of hydrogen-bond acceptors (Lipinski definition) is 6. The van der Waals surface area contributed by atoms with Gasteiger partial charge in [0.25, 0.3) is 11.6 Å². The molecule has 1 aromatic carbocycles. The number of pyridine rings is 1. The smallest absolute Gasteiger partial charge is 0.271 e. The Bertz CT molecular complexity index is 788. The number of non-ortho nitro benzene ring substituents is 1. The first-order chi connectivity index (χ1) is 12.1. The van der Waals surface area contributed by atoms with Gasteiger partial charge in [-0.2, -0.15) is 0 Å². The fourth-order valence-electron chi connectivity index (χ4n) is 2.86. The predicted octanol–water partition coefficient (Wildman–Crippen LogP) is 1.96. The quantitative estimate of drug-likeness (QED) is 0.623. The summed E-state index contributed by atoms with van der Waals surface area (Å²) in [6.07, 6.45) is 1.58. The van der Waals surface area contributed by atoms with Crippen molar-refractivity contribution in [3.8, 4) is 5.88 Å². The topological polar surface area (TPSA) is 88.8 Å². The molecule has 3 rings (SSSR count). The van der Waals surface area contributed by atoms with E-state index in [0.29, 0.717) is 37.6 Å². The fourth-order valence-corrected chi connectivity index (χ4v) is 2.86. The van der Waals surface area contributed by atoms with Crippen molar-refractivity contribution < 1.29 is 14.5 Å². The molecular formula is C17H18N4O4. The highest BCUT2D eigenvalue weighted by Crippen LogP contribution is 2.23. The van der Waals surface area contributed by atoms with Crippen LogP contribution in [0.25, 0.3) is 0 Å². The summed E-state index contributed by atoms with van der Waals surface area (Å²) < 4.78 is 5.15. The summed E-state index contributed by atoms with van der Waals surface area (Å²) in [5.74, 6) is 0.192. The number of piperazine rings is 1. The van der Waals surface area contributed by atoms with Crippen molar-refractivity contribution in [3.05, 3.63) is 58.3 Å². The first kappa shape index (κ1) is 16.7. The van der Waals surface area contributed by atoms with Crippen LogP contribution in [-0.2, 0) is 0 Å². The summed E-state index contributed by atoms with van der Waals surface area (Å²) in [7, 11) is 1.49. The third-order valence-electron chi connectivity index (χ3n) is 4.17. The minimum atomic E-state index is -0.405. The number of carbonyl (C=O) groups is 1. The lowest BCUT2D eigenvalue weighted by Crippen LogP contribution is -2.48. The molecule has 0 radical (unpaired) electrons. The van der Waals surface area contributed by atoms with E-state index in [4.69, 9.17) is 4.74 Å². The van der Waals surface area contributed by atoms with Crippen LogP contribution in [0.3, 0.4) is 0 Å². The number of methoxy groups -OCH3 is 1. The van der Waals surface area contributed by atoms with Crippen molar-refractivity contribution in [2.24, 2.45) is 0 Å². The Morgan fingerprint density at radius 3 is 2.64 bits per heavy atom. The van der Waals surface area contributed by atoms with Crippen LogP contribution in [0.5, 0.6) is 5.88 Å². The molecule has 0 bridgehead atoms. The summed E-state index contributed by atoms with van der Waals surface area (Å²) in [6.45, 7) is 2.27. The monoisotopic (exact) mass is 342 g/mol. The van der Waals surface area contributed by atoms with Crippen LogP contribution in [0.1, 0.15) is 10.4 Å². The summed E-state index contributed by atoms with van der Waals surface area (Å²) >= 11 is 0. The van der Waals surface area contributed by atoms with Gasteiger partial charge in [-0.25, -0.2) is 4.98 Å². The van der Waals surface area contributed by atoms with Crippen LogP contribution in [0.4, 0.5) is 11.4 Å². The van der Waals surface area contributed by atoms with Crippen molar-refractivity contribution in [1.29, 1.82) is 0 Å². The van der Waals surface area contributed by atoms with E-state index in [9.17, 15) is 14.9 Å². The number of rotatable bonds is 4. The van der Waals surface area contributed by atoms with E-state index < -0.39 is 4.92 Å². The predicted molar refractivity (Wildman–Crippen MR) is 92.0 cm³/mol. The first-order valence-electron chi connectivity index (χ1n) is 7.88. The maximum atomic E-state index is 12.7. The van der Waals surface area contributed by atoms with Gasteiger partial charge in [0.1, 0.15) is 5.56 Å². The van der Waals surface area contributed by atoms with Gasteiger partial charge in [0.05, 0.1) is 12.0 Å². The molecule has 130 valence electrons. The number of aromatic nitrogens is 1. The van der Waals surface area contributed by atoms with E-state index >= 15 is 0 Å². The van der Waals surface area contributed by atoms with Gasteiger partial charge in [-0.1, -0.05) is 6.07 Å². The maximum Gasteiger partial charge on any atom is 0.271 e. The van der Waals surface area contributed by atoms with Crippen LogP contribution >= 0.6 is 0 Å². The van der Waals surface area contributed by atoms with Gasteiger partial charge in [0, 0.05) is 50.2 Å². The molecule has 0 spiro atoms. The molecule has 8 heteroatoms. The highest BCUT2D eigenvalue weighted by molar-refractivity contribution is 5.96. The first-order valence-corrected chi connectivity index (χ1v) is 7.88. The van der Waals surface area contributed by atoms with E-state index in [1.165, 1.54) is 13.2 Å². The Morgan fingerprint density at radius 1 is 1.20 bits per heavy atom. The van der Waals surface area contributed by atoms with Crippen LogP contribution in [0.15, 0.2) is 42.6 Å². The third-order valence-corrected chi connectivity index (χ3v) is 4.17. The molecule has 0 saturated carbocycles. The number of carbonyl (C=O) groups excluding carboxylic acids is 1. The van der Waals surface area contributed by atoms with Crippen LogP contribution in [0.2, 0.25) is 0 Å². The van der Waals surface area contributed by atoms with Crippen LogP contribution < -0.4 is 9.64 Å². The second-order valence-electron chi connectivity index (χ2n) is 5.62. The number of nitro groups is 1. The zero-order chi connectivity index (χ0) is 17.8. The van der Waals surface area contributed by atoms with E-state index in [2.05, 4.69) is 4.98 Å². The molecule has 1 aliphatic heterocycles. The normalized spacial score (nSPS) is 14.3. The Labute approximate surface area is 144 Å². The number of ether oxygens (including phenoxy) is 1. The average molecular weight is 342 g/mol. The molecule has 0 unspecified atom stereocenters. The minimum Gasteiger partial charge on any atom is -0.480 e. The molecule has 0 aliphatic carbocycles. The number of amides is 1. The number of hydrogen-bond donors (Lipinski definition) is 0. The summed E-state index contributed by atoms with van der Waals surface area (Å²) in [4.78, 5) is 31.0. The van der Waals surface area contributed by atoms with Gasteiger partial charge in [0.15, 0.2) is 0 Å². The second-order valence-corrected chi connectivity index (χ2v) is 5.62. The van der Waals surface area contributed by atoms with E-state index in [0.717, 1.165) is 5.69 Å². The van der Waals surface area contributed by atoms with Gasteiger partial charge in [-0.3, -0.25) is 14.9 Å². The number of nitro benzene ring substituents is 1. The van der Waals surface area contributed by atoms with Gasteiger partial charge >= 0.3 is 0 Å². The summed E-state index contributed by atoms with van der Waals surface area (Å²) in [5.41, 5.74) is 1.30. The zero-order valence-corrected chi connectivity index (χ0v) is 13.8. The molecule has 25 heavy (non-hydrogen) atoms. The molecule has 1 aromatic heterocycles. The Morgan fingerprint density at radius 2 is 1.96 bits per heavy atom. The largest absolute Gasteiger partial charge is 0.480 e. The zero-order valence-electron chi connectivity index (χ0n) is 13.8. The van der Waals surface area contributed by atoms with Crippen LogP contribution in [-0.4, -0.2) is 54.0 Å². The average Bonchev–Trinajstić information content (AvgIpc) is 2.67. The molecular weight excluding hydrogens is 324 g/mol. The van der Waals surface area contributed by atoms with E-state index in [1.54, 1.807) is 35.4 Å². The molecule has 1 aliphatic rings. The lowest BCUT2D eigenvalue weighted by molar-refractivity contribution is -0.384. The lowest BCUT2D eigenvalue weighted by atomic mass is 10.2. The lowest BCUT2D eigenvalue weighted by Gasteiger charge is -2.36. The summed E-state index contributed by atoms with van der Waals surface area (Å²) in [6, 6.07) is 9.94. The fraction of sp³-hybridized carbons (Fsp3) is 0.294. The Hall–Kier alpha value is -3.16. The minimum absolute atomic E-state index is 0.0658. The maximum absolute atomic E-state index is 12.7. The van der Waals surface area contributed by atoms with Gasteiger partial charge in [0.2, 0.25) is 5.88 Å².